The quantitative estimate of drug-likeness (QED) is 0.0373. The van der Waals surface area contributed by atoms with E-state index in [1.807, 2.05) is 0 Å². The summed E-state index contributed by atoms with van der Waals surface area (Å²) in [5.74, 6) is -0.587. The number of unbranched alkanes of at least 4 members (excludes halogenated alkanes) is 45. The van der Waals surface area contributed by atoms with Gasteiger partial charge in [-0.05, 0) is 44.9 Å². The zero-order valence-electron chi connectivity index (χ0n) is 47.3. The zero-order chi connectivity index (χ0) is 50.6. The van der Waals surface area contributed by atoms with Crippen LogP contribution in [0.3, 0.4) is 0 Å². The number of hydrogen-bond acceptors (Lipinski definition) is 5. The Morgan fingerprint density at radius 3 is 0.929 bits per heavy atom. The molecule has 0 aliphatic carbocycles. The molecule has 0 heterocycles. The van der Waals surface area contributed by atoms with E-state index >= 15 is 0 Å². The number of aliphatic hydroxyl groups excluding tert-OH is 1. The Morgan fingerprint density at radius 1 is 0.343 bits per heavy atom. The van der Waals surface area contributed by atoms with E-state index < -0.39 is 6.10 Å². The van der Waals surface area contributed by atoms with Crippen molar-refractivity contribution in [2.75, 3.05) is 13.2 Å². The highest BCUT2D eigenvalue weighted by molar-refractivity contribution is 5.70. The minimum Gasteiger partial charge on any atom is -0.462 e. The van der Waals surface area contributed by atoms with Crippen molar-refractivity contribution in [1.82, 2.24) is 0 Å². The fourth-order valence-electron chi connectivity index (χ4n) is 9.75. The molecule has 0 amide bonds. The van der Waals surface area contributed by atoms with Crippen LogP contribution < -0.4 is 0 Å². The van der Waals surface area contributed by atoms with E-state index in [9.17, 15) is 14.7 Å². The smallest absolute Gasteiger partial charge is 0.306 e. The number of rotatable bonds is 59. The van der Waals surface area contributed by atoms with Crippen LogP contribution in [0.4, 0.5) is 0 Å². The third-order valence-electron chi connectivity index (χ3n) is 14.4. The average molecular weight is 984 g/mol. The van der Waals surface area contributed by atoms with E-state index in [2.05, 4.69) is 50.3 Å². The van der Waals surface area contributed by atoms with Gasteiger partial charge in [0.2, 0.25) is 0 Å². The van der Waals surface area contributed by atoms with Gasteiger partial charge in [-0.25, -0.2) is 0 Å². The molecule has 0 aromatic heterocycles. The van der Waals surface area contributed by atoms with Gasteiger partial charge in [-0.2, -0.15) is 0 Å². The van der Waals surface area contributed by atoms with Gasteiger partial charge in [-0.15, -0.1) is 0 Å². The second-order valence-corrected chi connectivity index (χ2v) is 21.5. The number of ether oxygens (including phenoxy) is 2. The minimum atomic E-state index is -0.776. The molecule has 1 unspecified atom stereocenters. The van der Waals surface area contributed by atoms with Crippen LogP contribution >= 0.6 is 0 Å². The maximum atomic E-state index is 12.3. The van der Waals surface area contributed by atoms with Crippen LogP contribution in [-0.2, 0) is 19.1 Å². The molecule has 0 aliphatic rings. The largest absolute Gasteiger partial charge is 0.462 e. The highest BCUT2D eigenvalue weighted by atomic mass is 16.6. The third kappa shape index (κ3) is 58.7. The molecular formula is C65H122O5. The van der Waals surface area contributed by atoms with Gasteiger partial charge >= 0.3 is 11.9 Å². The Labute approximate surface area is 437 Å². The number of aliphatic hydroxyl groups is 1. The summed E-state index contributed by atoms with van der Waals surface area (Å²) in [6.07, 6.45) is 80.3. The summed E-state index contributed by atoms with van der Waals surface area (Å²) in [6.45, 7) is 4.07. The van der Waals surface area contributed by atoms with E-state index in [4.69, 9.17) is 9.47 Å². The maximum absolute atomic E-state index is 12.3. The number of carbonyl (C=O) groups excluding carboxylic acids is 2. The van der Waals surface area contributed by atoms with Crippen molar-refractivity contribution >= 4 is 11.9 Å². The summed E-state index contributed by atoms with van der Waals surface area (Å²) in [7, 11) is 0. The van der Waals surface area contributed by atoms with E-state index in [1.54, 1.807) is 0 Å². The van der Waals surface area contributed by atoms with Gasteiger partial charge in [0.1, 0.15) is 6.61 Å². The molecule has 0 aromatic carbocycles. The summed E-state index contributed by atoms with van der Waals surface area (Å²) in [5, 5.41) is 9.64. The monoisotopic (exact) mass is 983 g/mol. The maximum Gasteiger partial charge on any atom is 0.306 e. The summed E-state index contributed by atoms with van der Waals surface area (Å²) < 4.78 is 10.7. The lowest BCUT2D eigenvalue weighted by Gasteiger charge is -2.15. The fraction of sp³-hybridized carbons (Fsp3) is 0.877. The molecule has 1 atom stereocenters. The van der Waals surface area contributed by atoms with E-state index in [0.29, 0.717) is 12.8 Å². The molecular weight excluding hydrogens is 861 g/mol. The Morgan fingerprint density at radius 2 is 0.614 bits per heavy atom. The Kier molecular flexibility index (Phi) is 59.8. The molecule has 0 saturated heterocycles. The molecule has 0 aromatic rings. The number of allylic oxidation sites excluding steroid dienone is 6. The van der Waals surface area contributed by atoms with Crippen LogP contribution in [0.2, 0.25) is 0 Å². The van der Waals surface area contributed by atoms with Gasteiger partial charge in [-0.3, -0.25) is 9.59 Å². The standard InChI is InChI=1S/C65H122O5/c1-3-5-7-9-11-13-15-17-19-21-22-23-24-25-26-27-28-29-30-31-32-33-34-35-36-37-38-39-40-41-42-44-45-47-49-51-53-55-57-59-64(67)69-62-63(61-66)70-65(68)60-58-56-54-52-50-48-46-43-20-18-16-14-12-10-8-6-4-2/h6,8,12,14,18,20,63,66H,3-5,7,9-11,13,15-17,19,21-62H2,1-2H3/b8-6-,14-12-,20-18-. The Hall–Kier alpha value is -1.88. The summed E-state index contributed by atoms with van der Waals surface area (Å²) in [6, 6.07) is 0. The van der Waals surface area contributed by atoms with Gasteiger partial charge in [0.25, 0.3) is 0 Å². The van der Waals surface area contributed by atoms with E-state index in [1.165, 1.54) is 257 Å². The van der Waals surface area contributed by atoms with Crippen molar-refractivity contribution in [2.45, 2.75) is 354 Å². The molecule has 0 aliphatic heterocycles. The molecule has 0 fully saturated rings. The van der Waals surface area contributed by atoms with Crippen molar-refractivity contribution in [3.05, 3.63) is 36.5 Å². The second-order valence-electron chi connectivity index (χ2n) is 21.5. The Bertz CT molecular complexity index is 1110. The predicted molar refractivity (Wildman–Crippen MR) is 307 cm³/mol. The van der Waals surface area contributed by atoms with Crippen LogP contribution in [0, 0.1) is 0 Å². The molecule has 0 bridgehead atoms. The number of esters is 2. The van der Waals surface area contributed by atoms with Crippen molar-refractivity contribution in [1.29, 1.82) is 0 Å². The van der Waals surface area contributed by atoms with Gasteiger partial charge in [-0.1, -0.05) is 326 Å². The minimum absolute atomic E-state index is 0.0661. The molecule has 412 valence electrons. The first-order valence-electron chi connectivity index (χ1n) is 31.5. The normalized spacial score (nSPS) is 12.3. The summed E-state index contributed by atoms with van der Waals surface area (Å²) in [4.78, 5) is 24.5. The second kappa shape index (κ2) is 61.4. The predicted octanol–water partition coefficient (Wildman–Crippen LogP) is 21.4. The van der Waals surface area contributed by atoms with Crippen molar-refractivity contribution in [2.24, 2.45) is 0 Å². The highest BCUT2D eigenvalue weighted by Gasteiger charge is 2.16. The first-order chi connectivity index (χ1) is 34.6. The van der Waals surface area contributed by atoms with Gasteiger partial charge in [0.05, 0.1) is 6.61 Å². The van der Waals surface area contributed by atoms with E-state index in [-0.39, 0.29) is 25.2 Å². The average Bonchev–Trinajstić information content (AvgIpc) is 3.36. The number of hydrogen-bond donors (Lipinski definition) is 1. The molecule has 70 heavy (non-hydrogen) atoms. The fourth-order valence-corrected chi connectivity index (χ4v) is 9.75. The van der Waals surface area contributed by atoms with Crippen molar-refractivity contribution in [3.8, 4) is 0 Å². The van der Waals surface area contributed by atoms with Crippen LogP contribution in [0.5, 0.6) is 0 Å². The van der Waals surface area contributed by atoms with Gasteiger partial charge in [0, 0.05) is 12.8 Å². The van der Waals surface area contributed by atoms with Crippen molar-refractivity contribution < 1.29 is 24.2 Å². The number of carbonyl (C=O) groups is 2. The van der Waals surface area contributed by atoms with Crippen LogP contribution in [0.25, 0.3) is 0 Å². The molecule has 0 spiro atoms. The summed E-state index contributed by atoms with van der Waals surface area (Å²) in [5.41, 5.74) is 0. The zero-order valence-corrected chi connectivity index (χ0v) is 47.3. The van der Waals surface area contributed by atoms with Crippen molar-refractivity contribution in [3.63, 3.8) is 0 Å². The lowest BCUT2D eigenvalue weighted by Crippen LogP contribution is -2.28. The van der Waals surface area contributed by atoms with E-state index in [0.717, 1.165) is 64.2 Å². The van der Waals surface area contributed by atoms with Gasteiger partial charge < -0.3 is 14.6 Å². The first-order valence-corrected chi connectivity index (χ1v) is 31.5. The van der Waals surface area contributed by atoms with Crippen LogP contribution in [-0.4, -0.2) is 36.4 Å². The molecule has 0 saturated carbocycles. The molecule has 0 rings (SSSR count). The van der Waals surface area contributed by atoms with Gasteiger partial charge in [0.15, 0.2) is 6.10 Å². The topological polar surface area (TPSA) is 72.8 Å². The molecule has 0 radical (unpaired) electrons. The molecule has 1 N–H and O–H groups in total. The Balaban J connectivity index is 3.35. The lowest BCUT2D eigenvalue weighted by molar-refractivity contribution is -0.161. The highest BCUT2D eigenvalue weighted by Crippen LogP contribution is 2.19. The SMILES string of the molecule is CC/C=C\C/C=C\C/C=C\CCCCCCCCCC(=O)OC(CO)COC(=O)CCCCCCCCCCCCCCCCCCCCCCCCCCCCCCCCCCCCCCCCC. The lowest BCUT2D eigenvalue weighted by atomic mass is 10.0. The summed E-state index contributed by atoms with van der Waals surface area (Å²) >= 11 is 0. The van der Waals surface area contributed by atoms with Crippen LogP contribution in [0.1, 0.15) is 348 Å². The first kappa shape index (κ1) is 68.1. The van der Waals surface area contributed by atoms with Crippen LogP contribution in [0.15, 0.2) is 36.5 Å². The third-order valence-corrected chi connectivity index (χ3v) is 14.4. The molecule has 5 nitrogen and oxygen atoms in total. The molecule has 5 heteroatoms.